The van der Waals surface area contributed by atoms with E-state index in [-0.39, 0.29) is 36.9 Å². The monoisotopic (exact) mass is 648 g/mol. The molecular weight excluding hydrogens is 626 g/mol. The average Bonchev–Trinajstić information content (AvgIpc) is 2.93. The number of benzene rings is 3. The van der Waals surface area contributed by atoms with Gasteiger partial charge in [-0.05, 0) is 41.0 Å². The molecule has 6 heteroatoms. The third-order valence-corrected chi connectivity index (χ3v) is 4.84. The minimum absolute atomic E-state index is 0. The minimum Gasteiger partial charge on any atom is -0.305 e. The molecule has 0 atom stereocenters. The molecular formula is C29H19F3IrN2-2. The van der Waals surface area contributed by atoms with Gasteiger partial charge in [-0.15, -0.1) is 48.0 Å². The zero-order valence-corrected chi connectivity index (χ0v) is 20.5. The van der Waals surface area contributed by atoms with Crippen molar-refractivity contribution in [1.82, 2.24) is 9.97 Å². The van der Waals surface area contributed by atoms with Gasteiger partial charge in [0.25, 0.3) is 0 Å². The summed E-state index contributed by atoms with van der Waals surface area (Å²) in [5.41, 5.74) is 3.96. The molecule has 2 heterocycles. The van der Waals surface area contributed by atoms with Gasteiger partial charge in [0.2, 0.25) is 0 Å². The summed E-state index contributed by atoms with van der Waals surface area (Å²) in [6, 6.07) is 30.9. The Balaban J connectivity index is 0.000000205. The molecule has 2 aromatic heterocycles. The Hall–Kier alpha value is -3.60. The fourth-order valence-electron chi connectivity index (χ4n) is 3.15. The molecule has 0 amide bonds. The molecule has 0 N–H and O–H groups in total. The van der Waals surface area contributed by atoms with Gasteiger partial charge in [-0.2, -0.15) is 0 Å². The molecule has 0 saturated carbocycles. The SMILES string of the molecule is [2H]C([2H])([2H])c1ccc(-c2[c-]cc(F)c(F)c2F)nc1.[Ir].[c-]1ccccc1-c1cc(-c2ccccc2)ccn1. The van der Waals surface area contributed by atoms with E-state index in [1.165, 1.54) is 23.3 Å². The number of nitrogens with zero attached hydrogens (tertiary/aromatic N) is 2. The largest absolute Gasteiger partial charge is 0.305 e. The van der Waals surface area contributed by atoms with Crippen molar-refractivity contribution in [2.75, 3.05) is 0 Å². The summed E-state index contributed by atoms with van der Waals surface area (Å²) >= 11 is 0. The summed E-state index contributed by atoms with van der Waals surface area (Å²) in [7, 11) is 0. The molecule has 0 unspecified atom stereocenters. The molecule has 5 rings (SSSR count). The van der Waals surface area contributed by atoms with Gasteiger partial charge in [-0.25, -0.2) is 4.39 Å². The van der Waals surface area contributed by atoms with Crippen LogP contribution in [0.15, 0.2) is 97.3 Å². The second-order valence-electron chi connectivity index (χ2n) is 7.14. The first-order chi connectivity index (χ1) is 17.7. The van der Waals surface area contributed by atoms with Crippen LogP contribution in [0.5, 0.6) is 0 Å². The van der Waals surface area contributed by atoms with Crippen molar-refractivity contribution in [2.45, 2.75) is 6.85 Å². The van der Waals surface area contributed by atoms with E-state index < -0.39 is 24.3 Å². The predicted octanol–water partition coefficient (Wildman–Crippen LogP) is 7.49. The number of hydrogen-bond acceptors (Lipinski definition) is 2. The molecule has 0 aliphatic carbocycles. The fraction of sp³-hybridized carbons (Fsp3) is 0.0345. The van der Waals surface area contributed by atoms with E-state index in [4.69, 9.17) is 4.11 Å². The number of pyridine rings is 2. The molecule has 1 radical (unpaired) electrons. The third kappa shape index (κ3) is 6.50. The normalized spacial score (nSPS) is 11.7. The summed E-state index contributed by atoms with van der Waals surface area (Å²) in [5.74, 6) is -4.37. The smallest absolute Gasteiger partial charge is 0.111 e. The van der Waals surface area contributed by atoms with E-state index in [1.807, 2.05) is 54.7 Å². The third-order valence-electron chi connectivity index (χ3n) is 4.84. The Morgan fingerprint density at radius 1 is 0.771 bits per heavy atom. The van der Waals surface area contributed by atoms with Crippen LogP contribution in [0.3, 0.4) is 0 Å². The number of hydrogen-bond donors (Lipinski definition) is 0. The summed E-state index contributed by atoms with van der Waals surface area (Å²) in [5, 5.41) is 0. The zero-order chi connectivity index (χ0) is 26.4. The van der Waals surface area contributed by atoms with Gasteiger partial charge in [0.15, 0.2) is 0 Å². The molecule has 177 valence electrons. The maximum Gasteiger partial charge on any atom is 0.111 e. The standard InChI is InChI=1S/C17H12N.C12H7F3N.Ir/c1-3-7-14(8-4-1)16-11-12-18-17(13-16)15-9-5-2-6-10-15;1-7-2-5-10(16-6-7)8-3-4-9(13)12(15)11(8)14;/h1-9,11-13H;2,4-6H,1H3;/q2*-1;/i;1D3;. The van der Waals surface area contributed by atoms with Crippen LogP contribution in [0, 0.1) is 36.4 Å². The molecule has 0 aliphatic rings. The van der Waals surface area contributed by atoms with Gasteiger partial charge in [0, 0.05) is 36.6 Å². The van der Waals surface area contributed by atoms with Crippen LogP contribution in [0.4, 0.5) is 13.2 Å². The molecule has 0 aliphatic heterocycles. The molecule has 5 aromatic rings. The Morgan fingerprint density at radius 2 is 1.57 bits per heavy atom. The van der Waals surface area contributed by atoms with Crippen molar-refractivity contribution in [3.05, 3.63) is 132 Å². The number of halogens is 3. The van der Waals surface area contributed by atoms with Gasteiger partial charge in [-0.3, -0.25) is 8.78 Å². The van der Waals surface area contributed by atoms with Crippen molar-refractivity contribution >= 4 is 0 Å². The van der Waals surface area contributed by atoms with E-state index in [9.17, 15) is 13.2 Å². The van der Waals surface area contributed by atoms with Crippen LogP contribution in [-0.4, -0.2) is 9.97 Å². The first-order valence-corrected chi connectivity index (χ1v) is 10.2. The summed E-state index contributed by atoms with van der Waals surface area (Å²) in [4.78, 5) is 8.13. The molecule has 0 bridgehead atoms. The van der Waals surface area contributed by atoms with Crippen LogP contribution < -0.4 is 0 Å². The number of aromatic nitrogens is 2. The van der Waals surface area contributed by atoms with Crippen LogP contribution in [0.2, 0.25) is 0 Å². The first-order valence-electron chi connectivity index (χ1n) is 11.7. The van der Waals surface area contributed by atoms with Gasteiger partial charge in [0.1, 0.15) is 5.82 Å². The fourth-order valence-corrected chi connectivity index (χ4v) is 3.15. The summed E-state index contributed by atoms with van der Waals surface area (Å²) in [6.07, 6.45) is 2.88. The van der Waals surface area contributed by atoms with E-state index in [0.717, 1.165) is 17.5 Å². The second-order valence-corrected chi connectivity index (χ2v) is 7.14. The van der Waals surface area contributed by atoms with E-state index in [0.29, 0.717) is 6.07 Å². The van der Waals surface area contributed by atoms with Crippen molar-refractivity contribution < 1.29 is 37.4 Å². The van der Waals surface area contributed by atoms with Crippen molar-refractivity contribution in [3.63, 3.8) is 0 Å². The molecule has 35 heavy (non-hydrogen) atoms. The topological polar surface area (TPSA) is 25.8 Å². The Bertz CT molecular complexity index is 1430. The molecule has 0 fully saturated rings. The van der Waals surface area contributed by atoms with Gasteiger partial charge >= 0.3 is 0 Å². The summed E-state index contributed by atoms with van der Waals surface area (Å²) in [6.45, 7) is -2.33. The molecule has 0 spiro atoms. The van der Waals surface area contributed by atoms with Gasteiger partial charge in [0.05, 0.1) is 11.6 Å². The van der Waals surface area contributed by atoms with Crippen molar-refractivity contribution in [3.8, 4) is 33.6 Å². The number of rotatable bonds is 3. The zero-order valence-electron chi connectivity index (χ0n) is 21.1. The average molecular weight is 648 g/mol. The van der Waals surface area contributed by atoms with Crippen molar-refractivity contribution in [2.24, 2.45) is 0 Å². The van der Waals surface area contributed by atoms with Crippen LogP contribution in [0.25, 0.3) is 33.6 Å². The van der Waals surface area contributed by atoms with Gasteiger partial charge in [-0.1, -0.05) is 54.1 Å². The predicted molar refractivity (Wildman–Crippen MR) is 127 cm³/mol. The van der Waals surface area contributed by atoms with Crippen LogP contribution in [0.1, 0.15) is 9.68 Å². The molecule has 3 aromatic carbocycles. The van der Waals surface area contributed by atoms with Crippen LogP contribution in [-0.2, 0) is 20.1 Å². The Morgan fingerprint density at radius 3 is 2.26 bits per heavy atom. The minimum atomic E-state index is -2.33. The quantitative estimate of drug-likeness (QED) is 0.150. The summed E-state index contributed by atoms with van der Waals surface area (Å²) < 4.78 is 60.8. The van der Waals surface area contributed by atoms with E-state index in [2.05, 4.69) is 40.3 Å². The van der Waals surface area contributed by atoms with E-state index >= 15 is 0 Å². The van der Waals surface area contributed by atoms with Crippen LogP contribution >= 0.6 is 0 Å². The van der Waals surface area contributed by atoms with E-state index in [1.54, 1.807) is 0 Å². The maximum absolute atomic E-state index is 13.5. The Labute approximate surface area is 220 Å². The first kappa shape index (κ1) is 21.9. The maximum atomic E-state index is 13.5. The van der Waals surface area contributed by atoms with Crippen molar-refractivity contribution in [1.29, 1.82) is 0 Å². The molecule has 2 nitrogen and oxygen atoms in total. The van der Waals surface area contributed by atoms with Gasteiger partial charge < -0.3 is 9.97 Å². The second kappa shape index (κ2) is 12.2. The number of aryl methyl sites for hydroxylation is 1. The molecule has 0 saturated heterocycles. The Kier molecular flexibility index (Phi) is 7.64.